The fourth-order valence-electron chi connectivity index (χ4n) is 5.06. The van der Waals surface area contributed by atoms with Crippen LogP contribution in [0, 0.1) is 11.8 Å². The highest BCUT2D eigenvalue weighted by Gasteiger charge is 2.28. The number of H-pyrrole nitrogens is 2. The number of hydrogen-bond donors (Lipinski definition) is 4. The maximum absolute atomic E-state index is 13.3. The fourth-order valence-corrected chi connectivity index (χ4v) is 5.06. The number of carbonyl (C=O) groups is 1. The van der Waals surface area contributed by atoms with Crippen molar-refractivity contribution in [1.82, 2.24) is 20.5 Å². The van der Waals surface area contributed by atoms with Crippen molar-refractivity contribution in [2.24, 2.45) is 17.6 Å². The molecule has 7 nitrogen and oxygen atoms in total. The van der Waals surface area contributed by atoms with Crippen LogP contribution < -0.4 is 16.6 Å². The van der Waals surface area contributed by atoms with Crippen LogP contribution in [0.2, 0.25) is 0 Å². The Kier molecular flexibility index (Phi) is 6.77. The summed E-state index contributed by atoms with van der Waals surface area (Å²) in [5, 5.41) is 9.48. The number of amides is 1. The maximum atomic E-state index is 13.3. The van der Waals surface area contributed by atoms with E-state index >= 15 is 0 Å². The van der Waals surface area contributed by atoms with Crippen molar-refractivity contribution >= 4 is 16.8 Å². The van der Waals surface area contributed by atoms with Gasteiger partial charge in [0.25, 0.3) is 5.56 Å². The van der Waals surface area contributed by atoms with Gasteiger partial charge in [-0.25, -0.2) is 0 Å². The molecular weight excluding hydrogens is 438 g/mol. The van der Waals surface area contributed by atoms with E-state index in [-0.39, 0.29) is 23.4 Å². The fraction of sp³-hybridized carbons (Fsp3) is 0.321. The Morgan fingerprint density at radius 1 is 1.00 bits per heavy atom. The quantitative estimate of drug-likeness (QED) is 0.326. The molecule has 35 heavy (non-hydrogen) atoms. The third-order valence-electron chi connectivity index (χ3n) is 7.20. The Morgan fingerprint density at radius 3 is 2.54 bits per heavy atom. The molecule has 0 saturated heterocycles. The van der Waals surface area contributed by atoms with Crippen molar-refractivity contribution in [3.63, 3.8) is 0 Å². The van der Waals surface area contributed by atoms with Gasteiger partial charge in [0, 0.05) is 12.1 Å². The van der Waals surface area contributed by atoms with Crippen molar-refractivity contribution in [2.45, 2.75) is 38.1 Å². The normalized spacial score (nSPS) is 18.9. The Bertz CT molecular complexity index is 1350. The zero-order valence-electron chi connectivity index (χ0n) is 19.7. The summed E-state index contributed by atoms with van der Waals surface area (Å²) in [6.45, 7) is 0.699. The Labute approximate surface area is 204 Å². The molecule has 1 fully saturated rings. The van der Waals surface area contributed by atoms with E-state index in [0.29, 0.717) is 24.3 Å². The summed E-state index contributed by atoms with van der Waals surface area (Å²) < 4.78 is 0. The van der Waals surface area contributed by atoms with Crippen LogP contribution in [0.4, 0.5) is 0 Å². The second-order valence-corrected chi connectivity index (χ2v) is 9.51. The van der Waals surface area contributed by atoms with E-state index < -0.39 is 0 Å². The number of hydrogen-bond acceptors (Lipinski definition) is 4. The van der Waals surface area contributed by atoms with Crippen molar-refractivity contribution in [3.8, 4) is 11.1 Å². The Balaban J connectivity index is 1.41. The van der Waals surface area contributed by atoms with Gasteiger partial charge >= 0.3 is 0 Å². The summed E-state index contributed by atoms with van der Waals surface area (Å²) >= 11 is 0. The average Bonchev–Trinajstić information content (AvgIpc) is 3.29. The molecule has 5 N–H and O–H groups in total. The van der Waals surface area contributed by atoms with Crippen LogP contribution in [0.15, 0.2) is 71.7 Å². The molecule has 7 heteroatoms. The highest BCUT2D eigenvalue weighted by Crippen LogP contribution is 2.30. The average molecular weight is 470 g/mol. The first kappa shape index (κ1) is 23.1. The van der Waals surface area contributed by atoms with Gasteiger partial charge in [-0.3, -0.25) is 24.8 Å². The molecule has 2 heterocycles. The van der Waals surface area contributed by atoms with Gasteiger partial charge in [-0.2, -0.15) is 0 Å². The van der Waals surface area contributed by atoms with E-state index in [1.54, 1.807) is 6.20 Å². The molecule has 1 unspecified atom stereocenters. The summed E-state index contributed by atoms with van der Waals surface area (Å²) in [5.41, 5.74) is 10.4. The number of fused-ring (bicyclic) bond motifs is 1. The molecule has 5 rings (SSSR count). The predicted octanol–water partition coefficient (Wildman–Crippen LogP) is 4.08. The van der Waals surface area contributed by atoms with Gasteiger partial charge in [0.1, 0.15) is 0 Å². The third kappa shape index (κ3) is 5.20. The second kappa shape index (κ2) is 10.3. The number of rotatable bonds is 7. The molecule has 1 aliphatic carbocycles. The first-order valence-electron chi connectivity index (χ1n) is 12.3. The molecule has 2 aromatic heterocycles. The second-order valence-electron chi connectivity index (χ2n) is 9.51. The minimum absolute atomic E-state index is 0.0204. The van der Waals surface area contributed by atoms with E-state index in [9.17, 15) is 9.59 Å². The summed E-state index contributed by atoms with van der Waals surface area (Å²) in [7, 11) is 0. The summed E-state index contributed by atoms with van der Waals surface area (Å²) in [5.74, 6) is 0.650. The van der Waals surface area contributed by atoms with Crippen LogP contribution in [0.3, 0.4) is 0 Å². The molecule has 0 aliphatic heterocycles. The highest BCUT2D eigenvalue weighted by atomic mass is 16.2. The molecule has 1 amide bonds. The van der Waals surface area contributed by atoms with Gasteiger partial charge < -0.3 is 11.1 Å². The molecule has 1 atom stereocenters. The summed E-state index contributed by atoms with van der Waals surface area (Å²) in [6.07, 6.45) is 6.23. The van der Waals surface area contributed by atoms with E-state index in [4.69, 9.17) is 5.73 Å². The largest absolute Gasteiger partial charge is 0.347 e. The summed E-state index contributed by atoms with van der Waals surface area (Å²) in [4.78, 5) is 29.8. The van der Waals surface area contributed by atoms with Crippen LogP contribution >= 0.6 is 0 Å². The van der Waals surface area contributed by atoms with Gasteiger partial charge in [-0.05, 0) is 85.5 Å². The van der Waals surface area contributed by atoms with Crippen molar-refractivity contribution in [1.29, 1.82) is 0 Å². The zero-order chi connectivity index (χ0) is 24.2. The molecule has 1 saturated carbocycles. The molecule has 0 radical (unpaired) electrons. The number of benzene rings is 2. The number of nitrogens with one attached hydrogen (secondary N) is 3. The first-order valence-corrected chi connectivity index (χ1v) is 12.3. The van der Waals surface area contributed by atoms with Crippen LogP contribution in [0.5, 0.6) is 0 Å². The topological polar surface area (TPSA) is 117 Å². The van der Waals surface area contributed by atoms with Gasteiger partial charge in [-0.1, -0.05) is 36.4 Å². The third-order valence-corrected chi connectivity index (χ3v) is 7.20. The van der Waals surface area contributed by atoms with E-state index in [0.717, 1.165) is 53.6 Å². The maximum Gasteiger partial charge on any atom is 0.271 e. The number of nitrogens with zero attached hydrogens (tertiary/aromatic N) is 1. The molecule has 180 valence electrons. The van der Waals surface area contributed by atoms with Gasteiger partial charge in [0.15, 0.2) is 0 Å². The van der Waals surface area contributed by atoms with Crippen molar-refractivity contribution < 1.29 is 4.79 Å². The highest BCUT2D eigenvalue weighted by molar-refractivity contribution is 5.83. The molecule has 2 aromatic carbocycles. The van der Waals surface area contributed by atoms with Crippen molar-refractivity contribution in [2.75, 3.05) is 6.54 Å². The van der Waals surface area contributed by atoms with E-state index in [1.807, 2.05) is 48.5 Å². The van der Waals surface area contributed by atoms with Crippen LogP contribution in [-0.4, -0.2) is 27.6 Å². The lowest BCUT2D eigenvalue weighted by Crippen LogP contribution is -2.37. The van der Waals surface area contributed by atoms with Crippen LogP contribution in [-0.2, 0) is 11.2 Å². The Morgan fingerprint density at radius 2 is 1.77 bits per heavy atom. The smallest absolute Gasteiger partial charge is 0.271 e. The Hall–Kier alpha value is -3.71. The number of carbonyl (C=O) groups excluding carboxylic acids is 1. The van der Waals surface area contributed by atoms with Gasteiger partial charge in [-0.15, -0.1) is 0 Å². The van der Waals surface area contributed by atoms with E-state index in [2.05, 4.69) is 32.6 Å². The molecular formula is C28H31N5O2. The molecule has 1 aliphatic rings. The number of nitrogens with two attached hydrogens (primary N) is 1. The SMILES string of the molecule is NCC1CCC(C(=O)NC(Cc2ccccc2)c2cc(-c3ccc4c(=O)[nH][nH]c4c3)ccn2)CC1. The monoisotopic (exact) mass is 469 g/mol. The standard InChI is InChI=1S/C28H31N5O2/c29-17-19-6-8-20(9-7-19)27(34)31-26(14-18-4-2-1-3-5-18)25-16-22(12-13-30-25)21-10-11-23-24(15-21)32-33-28(23)35/h1-5,10-13,15-16,19-20,26H,6-9,14,17,29H2,(H,31,34)(H2,32,33,35). The zero-order valence-corrected chi connectivity index (χ0v) is 19.7. The lowest BCUT2D eigenvalue weighted by Gasteiger charge is -2.28. The minimum atomic E-state index is -0.243. The lowest BCUT2D eigenvalue weighted by molar-refractivity contribution is -0.127. The van der Waals surface area contributed by atoms with Crippen LogP contribution in [0.25, 0.3) is 22.0 Å². The summed E-state index contributed by atoms with van der Waals surface area (Å²) in [6, 6.07) is 19.6. The lowest BCUT2D eigenvalue weighted by atomic mass is 9.81. The molecule has 0 bridgehead atoms. The number of aromatic nitrogens is 3. The van der Waals surface area contributed by atoms with E-state index in [1.165, 1.54) is 0 Å². The van der Waals surface area contributed by atoms with Gasteiger partial charge in [0.2, 0.25) is 5.91 Å². The van der Waals surface area contributed by atoms with Crippen LogP contribution in [0.1, 0.15) is 43.0 Å². The number of aromatic amines is 2. The van der Waals surface area contributed by atoms with Gasteiger partial charge in [0.05, 0.1) is 22.6 Å². The molecule has 0 spiro atoms. The van der Waals surface area contributed by atoms with Crippen molar-refractivity contribution in [3.05, 3.63) is 88.5 Å². The minimum Gasteiger partial charge on any atom is -0.347 e. The number of pyridine rings is 1. The molecule has 4 aromatic rings. The predicted molar refractivity (Wildman–Crippen MR) is 138 cm³/mol. The first-order chi connectivity index (χ1) is 17.1.